The Morgan fingerprint density at radius 3 is 2.38 bits per heavy atom. The molecule has 1 amide bonds. The number of carbonyl (C=O) groups is 1. The van der Waals surface area contributed by atoms with Gasteiger partial charge in [0.1, 0.15) is 23.4 Å². The van der Waals surface area contributed by atoms with E-state index in [1.54, 1.807) is 44.7 Å². The summed E-state index contributed by atoms with van der Waals surface area (Å²) in [5, 5.41) is 3.41. The molecule has 1 atom stereocenters. The van der Waals surface area contributed by atoms with E-state index in [-0.39, 0.29) is 5.91 Å². The van der Waals surface area contributed by atoms with Crippen molar-refractivity contribution in [3.05, 3.63) is 70.8 Å². The van der Waals surface area contributed by atoms with Crippen molar-refractivity contribution >= 4 is 23.6 Å². The Morgan fingerprint density at radius 2 is 1.82 bits per heavy atom. The largest absolute Gasteiger partial charge is 0.497 e. The molecule has 1 N–H and O–H groups in total. The van der Waals surface area contributed by atoms with Gasteiger partial charge in [-0.05, 0) is 48.4 Å². The predicted octanol–water partition coefficient (Wildman–Crippen LogP) is 4.42. The number of aromatic nitrogens is 2. The zero-order chi connectivity index (χ0) is 24.7. The normalized spacial score (nSPS) is 11.8. The molecule has 180 valence electrons. The summed E-state index contributed by atoms with van der Waals surface area (Å²) >= 11 is 6.34. The molecule has 0 radical (unpaired) electrons. The number of hydrogen-bond donors (Lipinski definition) is 1. The van der Waals surface area contributed by atoms with Gasteiger partial charge < -0.3 is 28.8 Å². The average molecular weight is 486 g/mol. The lowest BCUT2D eigenvalue weighted by Gasteiger charge is -2.20. The number of benzene rings is 2. The van der Waals surface area contributed by atoms with Crippen molar-refractivity contribution in [1.29, 1.82) is 0 Å². The zero-order valence-electron chi connectivity index (χ0n) is 19.8. The molecular weight excluding hydrogens is 458 g/mol. The summed E-state index contributed by atoms with van der Waals surface area (Å²) in [7, 11) is 6.55. The third kappa shape index (κ3) is 5.82. The Hall–Kier alpha value is -3.65. The molecule has 0 unspecified atom stereocenters. The molecule has 0 saturated carbocycles. The first-order valence-electron chi connectivity index (χ1n) is 10.6. The van der Waals surface area contributed by atoms with Crippen molar-refractivity contribution < 1.29 is 23.7 Å². The van der Waals surface area contributed by atoms with E-state index < -0.39 is 6.04 Å². The fraction of sp³-hybridized carbons (Fsp3) is 0.280. The lowest BCUT2D eigenvalue weighted by molar-refractivity contribution is -0.117. The molecule has 0 fully saturated rings. The summed E-state index contributed by atoms with van der Waals surface area (Å²) in [6.45, 7) is 2.32. The summed E-state index contributed by atoms with van der Waals surface area (Å²) in [4.78, 5) is 17.4. The molecule has 9 heteroatoms. The molecule has 2 aromatic carbocycles. The van der Waals surface area contributed by atoms with Crippen LogP contribution in [-0.2, 0) is 11.8 Å². The summed E-state index contributed by atoms with van der Waals surface area (Å²) in [5.41, 5.74) is 1.45. The number of halogens is 1. The van der Waals surface area contributed by atoms with Crippen LogP contribution in [-0.4, -0.2) is 43.4 Å². The van der Waals surface area contributed by atoms with Gasteiger partial charge in [0.2, 0.25) is 5.91 Å². The fourth-order valence-corrected chi connectivity index (χ4v) is 3.70. The minimum absolute atomic E-state index is 0.321. The fourth-order valence-electron chi connectivity index (χ4n) is 3.43. The maximum Gasteiger partial charge on any atom is 0.244 e. The molecule has 0 aliphatic rings. The summed E-state index contributed by atoms with van der Waals surface area (Å²) in [5.74, 6) is 2.50. The lowest BCUT2D eigenvalue weighted by Crippen LogP contribution is -2.29. The van der Waals surface area contributed by atoms with Gasteiger partial charge in [0.15, 0.2) is 11.5 Å². The van der Waals surface area contributed by atoms with Crippen LogP contribution in [0, 0.1) is 0 Å². The van der Waals surface area contributed by atoms with E-state index in [9.17, 15) is 4.79 Å². The third-order valence-corrected chi connectivity index (χ3v) is 5.36. The molecule has 0 aliphatic carbocycles. The number of methoxy groups -OCH3 is 3. The van der Waals surface area contributed by atoms with Crippen molar-refractivity contribution in [2.45, 2.75) is 13.0 Å². The van der Waals surface area contributed by atoms with Crippen molar-refractivity contribution in [3.63, 3.8) is 0 Å². The zero-order valence-corrected chi connectivity index (χ0v) is 20.6. The predicted molar refractivity (Wildman–Crippen MR) is 131 cm³/mol. The van der Waals surface area contributed by atoms with Crippen LogP contribution in [0.15, 0.2) is 48.8 Å². The van der Waals surface area contributed by atoms with Crippen LogP contribution < -0.4 is 24.3 Å². The highest BCUT2D eigenvalue weighted by Crippen LogP contribution is 2.37. The van der Waals surface area contributed by atoms with Gasteiger partial charge in [-0.25, -0.2) is 4.98 Å². The monoisotopic (exact) mass is 485 g/mol. The highest BCUT2D eigenvalue weighted by Gasteiger charge is 2.22. The van der Waals surface area contributed by atoms with E-state index in [2.05, 4.69) is 10.3 Å². The molecular formula is C25H28ClN3O5. The Morgan fingerprint density at radius 1 is 1.12 bits per heavy atom. The highest BCUT2D eigenvalue weighted by atomic mass is 35.5. The topological polar surface area (TPSA) is 83.8 Å². The Balaban J connectivity index is 1.90. The first kappa shape index (κ1) is 25.0. The van der Waals surface area contributed by atoms with Gasteiger partial charge in [0, 0.05) is 31.6 Å². The Bertz CT molecular complexity index is 1150. The summed E-state index contributed by atoms with van der Waals surface area (Å²) in [6.07, 6.45) is 6.58. The third-order valence-electron chi connectivity index (χ3n) is 5.08. The van der Waals surface area contributed by atoms with Crippen molar-refractivity contribution in [2.24, 2.45) is 7.05 Å². The van der Waals surface area contributed by atoms with Crippen LogP contribution in [0.25, 0.3) is 6.08 Å². The number of imidazole rings is 1. The number of ether oxygens (including phenoxy) is 4. The van der Waals surface area contributed by atoms with Crippen LogP contribution in [0.2, 0.25) is 5.02 Å². The van der Waals surface area contributed by atoms with E-state index in [0.29, 0.717) is 46.0 Å². The quantitative estimate of drug-likeness (QED) is 0.428. The second kappa shape index (κ2) is 11.5. The van der Waals surface area contributed by atoms with Crippen LogP contribution >= 0.6 is 11.6 Å². The minimum Gasteiger partial charge on any atom is -0.497 e. The number of nitrogens with zero attached hydrogens (tertiary/aromatic N) is 2. The van der Waals surface area contributed by atoms with Gasteiger partial charge in [-0.2, -0.15) is 0 Å². The standard InChI is InChI=1S/C25H28ClN3O5/c1-6-34-24-20(26)11-16(12-21(24)33-5)7-8-22(30)28-23(25-27-9-10-29(25)2)17-13-18(31-3)15-19(14-17)32-4/h7-15,23H,6H2,1-5H3,(H,28,30)/b8-7+/t23-/m0/s1. The molecule has 0 saturated heterocycles. The molecule has 0 aliphatic heterocycles. The minimum atomic E-state index is -0.542. The van der Waals surface area contributed by atoms with Gasteiger partial charge in [-0.15, -0.1) is 0 Å². The number of carbonyl (C=O) groups excluding carboxylic acids is 1. The van der Waals surface area contributed by atoms with E-state index >= 15 is 0 Å². The smallest absolute Gasteiger partial charge is 0.244 e. The number of aryl methyl sites for hydroxylation is 1. The van der Waals surface area contributed by atoms with Gasteiger partial charge in [0.25, 0.3) is 0 Å². The molecule has 34 heavy (non-hydrogen) atoms. The highest BCUT2D eigenvalue weighted by molar-refractivity contribution is 6.32. The molecule has 3 rings (SSSR count). The molecule has 1 heterocycles. The van der Waals surface area contributed by atoms with E-state index in [4.69, 9.17) is 30.5 Å². The number of amides is 1. The number of hydrogen-bond acceptors (Lipinski definition) is 6. The van der Waals surface area contributed by atoms with E-state index in [1.165, 1.54) is 13.2 Å². The summed E-state index contributed by atoms with van der Waals surface area (Å²) < 4.78 is 23.6. The van der Waals surface area contributed by atoms with Gasteiger partial charge in [0.05, 0.1) is 33.0 Å². The first-order valence-corrected chi connectivity index (χ1v) is 11.0. The Labute approximate surface area is 204 Å². The van der Waals surface area contributed by atoms with Crippen molar-refractivity contribution in [2.75, 3.05) is 27.9 Å². The van der Waals surface area contributed by atoms with Gasteiger partial charge in [-0.1, -0.05) is 11.6 Å². The van der Waals surface area contributed by atoms with Crippen molar-refractivity contribution in [1.82, 2.24) is 14.9 Å². The second-order valence-electron chi connectivity index (χ2n) is 7.28. The summed E-state index contributed by atoms with van der Waals surface area (Å²) in [6, 6.07) is 8.36. The molecule has 1 aromatic heterocycles. The van der Waals surface area contributed by atoms with Crippen LogP contribution in [0.4, 0.5) is 0 Å². The molecule has 8 nitrogen and oxygen atoms in total. The first-order chi connectivity index (χ1) is 16.4. The Kier molecular flexibility index (Phi) is 8.43. The molecule has 0 spiro atoms. The van der Waals surface area contributed by atoms with Crippen LogP contribution in [0.3, 0.4) is 0 Å². The molecule has 3 aromatic rings. The number of rotatable bonds is 10. The van der Waals surface area contributed by atoms with E-state index in [0.717, 1.165) is 5.56 Å². The van der Waals surface area contributed by atoms with Crippen LogP contribution in [0.5, 0.6) is 23.0 Å². The molecule has 0 bridgehead atoms. The average Bonchev–Trinajstić information content (AvgIpc) is 3.27. The van der Waals surface area contributed by atoms with Crippen LogP contribution in [0.1, 0.15) is 29.9 Å². The maximum absolute atomic E-state index is 12.9. The lowest BCUT2D eigenvalue weighted by atomic mass is 10.0. The number of nitrogens with one attached hydrogen (secondary N) is 1. The van der Waals surface area contributed by atoms with Gasteiger partial charge >= 0.3 is 0 Å². The maximum atomic E-state index is 12.9. The SMILES string of the molecule is CCOc1c(Cl)cc(/C=C/C(=O)N[C@@H](c2cc(OC)cc(OC)c2)c2nccn2C)cc1OC. The second-order valence-corrected chi connectivity index (χ2v) is 7.69. The van der Waals surface area contributed by atoms with E-state index in [1.807, 2.05) is 36.9 Å². The van der Waals surface area contributed by atoms with Crippen molar-refractivity contribution in [3.8, 4) is 23.0 Å². The van der Waals surface area contributed by atoms with Gasteiger partial charge in [-0.3, -0.25) is 4.79 Å².